The molecule has 0 saturated carbocycles. The maximum absolute atomic E-state index is 12.9. The van der Waals surface area contributed by atoms with Gasteiger partial charge in [-0.15, -0.1) is 0 Å². The van der Waals surface area contributed by atoms with Gasteiger partial charge in [0.15, 0.2) is 18.1 Å². The Morgan fingerprint density at radius 2 is 2.18 bits per heavy atom. The molecule has 6 nitrogen and oxygen atoms in total. The number of halogens is 3. The fourth-order valence-corrected chi connectivity index (χ4v) is 2.31. The predicted molar refractivity (Wildman–Crippen MR) is 70.3 cm³/mol. The number of carbonyl (C=O) groups is 1. The molecule has 0 bridgehead atoms. The largest absolute Gasteiger partial charge is 0.480 e. The fraction of sp³-hybridized carbons (Fsp3) is 0.692. The molecule has 1 aromatic rings. The zero-order valence-corrected chi connectivity index (χ0v) is 12.6. The van der Waals surface area contributed by atoms with E-state index in [2.05, 4.69) is 5.10 Å². The average Bonchev–Trinajstić information content (AvgIpc) is 2.75. The summed E-state index contributed by atoms with van der Waals surface area (Å²) in [6.07, 6.45) is -3.63. The highest BCUT2D eigenvalue weighted by atomic mass is 19.4. The first-order chi connectivity index (χ1) is 10.1. The Labute approximate surface area is 125 Å². The fourth-order valence-electron chi connectivity index (χ4n) is 2.31. The van der Waals surface area contributed by atoms with Crippen LogP contribution >= 0.6 is 0 Å². The zero-order valence-electron chi connectivity index (χ0n) is 12.6. The van der Waals surface area contributed by atoms with Crippen molar-refractivity contribution in [3.63, 3.8) is 0 Å². The van der Waals surface area contributed by atoms with Gasteiger partial charge < -0.3 is 14.4 Å². The molecular formula is C13H18F3N3O3. The minimum Gasteiger partial charge on any atom is -0.480 e. The van der Waals surface area contributed by atoms with Crippen LogP contribution in [-0.4, -0.2) is 52.5 Å². The highest BCUT2D eigenvalue weighted by Crippen LogP contribution is 2.35. The molecule has 0 atom stereocenters. The molecule has 9 heteroatoms. The highest BCUT2D eigenvalue weighted by molar-refractivity contribution is 5.78. The Morgan fingerprint density at radius 1 is 1.50 bits per heavy atom. The summed E-state index contributed by atoms with van der Waals surface area (Å²) in [7, 11) is 1.17. The summed E-state index contributed by atoms with van der Waals surface area (Å²) in [6.45, 7) is 4.37. The highest BCUT2D eigenvalue weighted by Gasteiger charge is 2.39. The van der Waals surface area contributed by atoms with Gasteiger partial charge in [-0.05, 0) is 13.8 Å². The van der Waals surface area contributed by atoms with E-state index in [1.807, 2.05) is 13.8 Å². The van der Waals surface area contributed by atoms with Gasteiger partial charge in [-0.25, -0.2) is 0 Å². The lowest BCUT2D eigenvalue weighted by molar-refractivity contribution is -0.150. The van der Waals surface area contributed by atoms with Crippen LogP contribution < -0.4 is 4.74 Å². The first kappa shape index (κ1) is 16.6. The Morgan fingerprint density at radius 3 is 2.77 bits per heavy atom. The van der Waals surface area contributed by atoms with Gasteiger partial charge in [0.05, 0.1) is 18.4 Å². The van der Waals surface area contributed by atoms with Crippen molar-refractivity contribution in [1.82, 2.24) is 14.7 Å². The number of nitrogens with zero attached hydrogens (tertiary/aromatic N) is 3. The van der Waals surface area contributed by atoms with Crippen LogP contribution in [0.2, 0.25) is 0 Å². The number of carbonyl (C=O) groups excluding carboxylic acids is 1. The Hall–Kier alpha value is -1.77. The quantitative estimate of drug-likeness (QED) is 0.846. The van der Waals surface area contributed by atoms with Crippen molar-refractivity contribution in [1.29, 1.82) is 0 Å². The maximum Gasteiger partial charge on any atom is 0.436 e. The van der Waals surface area contributed by atoms with E-state index in [1.165, 1.54) is 11.9 Å². The summed E-state index contributed by atoms with van der Waals surface area (Å²) in [5.74, 6) is -0.829. The molecule has 0 aliphatic carbocycles. The van der Waals surface area contributed by atoms with Crippen LogP contribution in [0, 0.1) is 0 Å². The second-order valence-electron chi connectivity index (χ2n) is 5.69. The van der Waals surface area contributed by atoms with Crippen LogP contribution in [0.25, 0.3) is 0 Å². The van der Waals surface area contributed by atoms with E-state index in [9.17, 15) is 18.0 Å². The average molecular weight is 321 g/mol. The van der Waals surface area contributed by atoms with Crippen LogP contribution in [-0.2, 0) is 22.8 Å². The minimum absolute atomic E-state index is 0.369. The number of alkyl halides is 3. The summed E-state index contributed by atoms with van der Waals surface area (Å²) >= 11 is 0. The van der Waals surface area contributed by atoms with Crippen molar-refractivity contribution in [3.8, 4) is 5.75 Å². The van der Waals surface area contributed by atoms with Gasteiger partial charge in [-0.2, -0.15) is 18.3 Å². The molecule has 1 fully saturated rings. The van der Waals surface area contributed by atoms with Gasteiger partial charge >= 0.3 is 6.18 Å². The van der Waals surface area contributed by atoms with E-state index in [4.69, 9.17) is 9.47 Å². The molecule has 0 N–H and O–H groups in total. The SMILES string of the molecule is Cn1ncc(OCC(=O)N2CCOC(C)(C)C2)c1C(F)(F)F. The number of amides is 1. The van der Waals surface area contributed by atoms with Gasteiger partial charge in [-0.3, -0.25) is 9.48 Å². The summed E-state index contributed by atoms with van der Waals surface area (Å²) in [5, 5.41) is 3.52. The van der Waals surface area contributed by atoms with Crippen molar-refractivity contribution < 1.29 is 27.4 Å². The van der Waals surface area contributed by atoms with Gasteiger partial charge in [0.25, 0.3) is 5.91 Å². The minimum atomic E-state index is -4.59. The Bertz CT molecular complexity index is 554. The number of aromatic nitrogens is 2. The van der Waals surface area contributed by atoms with E-state index in [-0.39, 0.29) is 5.91 Å². The smallest absolute Gasteiger partial charge is 0.436 e. The molecule has 0 unspecified atom stereocenters. The molecule has 1 aliphatic rings. The number of ether oxygens (including phenoxy) is 2. The second kappa shape index (κ2) is 5.79. The van der Waals surface area contributed by atoms with Crippen molar-refractivity contribution in [2.75, 3.05) is 26.3 Å². The van der Waals surface area contributed by atoms with Crippen molar-refractivity contribution in [3.05, 3.63) is 11.9 Å². The molecule has 0 radical (unpaired) electrons. The lowest BCUT2D eigenvalue weighted by Gasteiger charge is -2.38. The van der Waals surface area contributed by atoms with Crippen LogP contribution in [0.4, 0.5) is 13.2 Å². The van der Waals surface area contributed by atoms with Crippen LogP contribution in [0.5, 0.6) is 5.75 Å². The number of aryl methyl sites for hydroxylation is 1. The third kappa shape index (κ3) is 3.70. The second-order valence-corrected chi connectivity index (χ2v) is 5.69. The van der Waals surface area contributed by atoms with Crippen LogP contribution in [0.15, 0.2) is 6.20 Å². The first-order valence-electron chi connectivity index (χ1n) is 6.74. The van der Waals surface area contributed by atoms with Gasteiger partial charge in [0, 0.05) is 20.1 Å². The third-order valence-corrected chi connectivity index (χ3v) is 3.30. The zero-order chi connectivity index (χ0) is 16.5. The predicted octanol–water partition coefficient (Wildman–Crippen LogP) is 1.46. The van der Waals surface area contributed by atoms with E-state index < -0.39 is 29.8 Å². The van der Waals surface area contributed by atoms with E-state index in [0.29, 0.717) is 24.4 Å². The number of morpholine rings is 1. The molecule has 0 spiro atoms. The summed E-state index contributed by atoms with van der Waals surface area (Å²) < 4.78 is 49.8. The van der Waals surface area contributed by atoms with Gasteiger partial charge in [0.1, 0.15) is 0 Å². The normalized spacial score (nSPS) is 18.4. The van der Waals surface area contributed by atoms with Crippen LogP contribution in [0.1, 0.15) is 19.5 Å². The molecule has 2 rings (SSSR count). The molecule has 124 valence electrons. The number of rotatable bonds is 3. The molecule has 1 saturated heterocycles. The van der Waals surface area contributed by atoms with E-state index >= 15 is 0 Å². The lowest BCUT2D eigenvalue weighted by atomic mass is 10.1. The Balaban J connectivity index is 2.00. The van der Waals surface area contributed by atoms with Crippen LogP contribution in [0.3, 0.4) is 0 Å². The first-order valence-corrected chi connectivity index (χ1v) is 6.74. The van der Waals surface area contributed by atoms with Gasteiger partial charge in [-0.1, -0.05) is 0 Å². The molecular weight excluding hydrogens is 303 g/mol. The lowest BCUT2D eigenvalue weighted by Crippen LogP contribution is -2.51. The summed E-state index contributed by atoms with van der Waals surface area (Å²) in [6, 6.07) is 0. The molecule has 2 heterocycles. The van der Waals surface area contributed by atoms with E-state index in [0.717, 1.165) is 6.20 Å². The van der Waals surface area contributed by atoms with Crippen molar-refractivity contribution >= 4 is 5.91 Å². The van der Waals surface area contributed by atoms with Crippen molar-refractivity contribution in [2.45, 2.75) is 25.6 Å². The number of hydrogen-bond acceptors (Lipinski definition) is 4. The molecule has 0 aromatic carbocycles. The Kier molecular flexibility index (Phi) is 4.37. The molecule has 1 amide bonds. The summed E-state index contributed by atoms with van der Waals surface area (Å²) in [4.78, 5) is 13.6. The summed E-state index contributed by atoms with van der Waals surface area (Å²) in [5.41, 5.74) is -1.48. The monoisotopic (exact) mass is 321 g/mol. The molecule has 1 aliphatic heterocycles. The third-order valence-electron chi connectivity index (χ3n) is 3.30. The maximum atomic E-state index is 12.9. The van der Waals surface area contributed by atoms with Crippen molar-refractivity contribution in [2.24, 2.45) is 7.05 Å². The van der Waals surface area contributed by atoms with E-state index in [1.54, 1.807) is 0 Å². The standard InChI is InChI=1S/C13H18F3N3O3/c1-12(2)8-19(4-5-22-12)10(20)7-21-9-6-17-18(3)11(9)13(14,15)16/h6H,4-5,7-8H2,1-3H3. The molecule has 1 aromatic heterocycles. The van der Waals surface area contributed by atoms with Gasteiger partial charge in [0.2, 0.25) is 0 Å². The number of hydrogen-bond donors (Lipinski definition) is 0. The topological polar surface area (TPSA) is 56.6 Å². The molecule has 22 heavy (non-hydrogen) atoms.